The summed E-state index contributed by atoms with van der Waals surface area (Å²) in [6, 6.07) is 0.656. The number of nitrogens with zero attached hydrogens (tertiary/aromatic N) is 1. The van der Waals surface area contributed by atoms with Crippen molar-refractivity contribution in [1.82, 2.24) is 10.2 Å². The third kappa shape index (κ3) is 3.20. The zero-order valence-corrected chi connectivity index (χ0v) is 13.8. The van der Waals surface area contributed by atoms with Gasteiger partial charge in [0, 0.05) is 24.7 Å². The van der Waals surface area contributed by atoms with E-state index in [1.54, 1.807) is 0 Å². The maximum Gasteiger partial charge on any atom is 0.0594 e. The molecular formula is C17H34N2O. The van der Waals surface area contributed by atoms with E-state index in [1.165, 1.54) is 38.5 Å². The Morgan fingerprint density at radius 2 is 1.65 bits per heavy atom. The molecule has 1 aliphatic carbocycles. The number of hydrogen-bond acceptors (Lipinski definition) is 3. The van der Waals surface area contributed by atoms with Gasteiger partial charge in [-0.1, -0.05) is 46.5 Å². The molecule has 2 fully saturated rings. The van der Waals surface area contributed by atoms with Crippen LogP contribution in [-0.4, -0.2) is 49.3 Å². The van der Waals surface area contributed by atoms with Crippen molar-refractivity contribution in [2.45, 2.75) is 70.9 Å². The number of hydrogen-bond donors (Lipinski definition) is 1. The van der Waals surface area contributed by atoms with Crippen LogP contribution in [0.1, 0.15) is 59.3 Å². The molecule has 3 heteroatoms. The van der Waals surface area contributed by atoms with Crippen LogP contribution >= 0.6 is 0 Å². The molecule has 0 aromatic heterocycles. The topological polar surface area (TPSA) is 24.5 Å². The first-order valence-corrected chi connectivity index (χ1v) is 8.84. The summed E-state index contributed by atoms with van der Waals surface area (Å²) < 4.78 is 5.60. The van der Waals surface area contributed by atoms with E-state index in [9.17, 15) is 0 Å². The lowest BCUT2D eigenvalue weighted by Gasteiger charge is -2.51. The Balaban J connectivity index is 2.22. The first-order valence-electron chi connectivity index (χ1n) is 8.84. The van der Waals surface area contributed by atoms with E-state index < -0.39 is 0 Å². The van der Waals surface area contributed by atoms with Crippen molar-refractivity contribution in [1.29, 1.82) is 0 Å². The van der Waals surface area contributed by atoms with Gasteiger partial charge in [-0.3, -0.25) is 4.90 Å². The number of nitrogens with one attached hydrogen (secondary N) is 1. The van der Waals surface area contributed by atoms with E-state index >= 15 is 0 Å². The van der Waals surface area contributed by atoms with Gasteiger partial charge >= 0.3 is 0 Å². The highest BCUT2D eigenvalue weighted by molar-refractivity contribution is 5.06. The fourth-order valence-corrected chi connectivity index (χ4v) is 4.60. The quantitative estimate of drug-likeness (QED) is 0.777. The van der Waals surface area contributed by atoms with Gasteiger partial charge in [0.25, 0.3) is 0 Å². The molecule has 0 amide bonds. The van der Waals surface area contributed by atoms with Gasteiger partial charge in [-0.15, -0.1) is 0 Å². The van der Waals surface area contributed by atoms with Crippen molar-refractivity contribution in [3.63, 3.8) is 0 Å². The second kappa shape index (κ2) is 7.77. The standard InChI is InChI=1S/C17H34N2O/c1-4-15(5-2)16(18-6-3)17(9-7-8-10-17)19-11-13-20-14-12-19/h15-16,18H,4-14H2,1-3H3. The number of morpholine rings is 1. The molecule has 0 aromatic rings. The van der Waals surface area contributed by atoms with Crippen molar-refractivity contribution < 1.29 is 4.74 Å². The van der Waals surface area contributed by atoms with Crippen molar-refractivity contribution in [2.24, 2.45) is 5.92 Å². The maximum atomic E-state index is 5.60. The van der Waals surface area contributed by atoms with Gasteiger partial charge in [0.05, 0.1) is 13.2 Å². The zero-order chi connectivity index (χ0) is 14.4. The fraction of sp³-hybridized carbons (Fsp3) is 1.00. The Morgan fingerprint density at radius 1 is 1.05 bits per heavy atom. The normalized spacial score (nSPS) is 25.2. The molecule has 0 spiro atoms. The number of ether oxygens (including phenoxy) is 1. The van der Waals surface area contributed by atoms with Crippen LogP contribution in [-0.2, 0) is 4.74 Å². The number of likely N-dealkylation sites (N-methyl/N-ethyl adjacent to an activating group) is 1. The summed E-state index contributed by atoms with van der Waals surface area (Å²) in [5.74, 6) is 0.802. The molecule has 0 bridgehead atoms. The van der Waals surface area contributed by atoms with E-state index in [2.05, 4.69) is 31.0 Å². The van der Waals surface area contributed by atoms with Gasteiger partial charge in [0.1, 0.15) is 0 Å². The molecule has 1 unspecified atom stereocenters. The third-order valence-corrected chi connectivity index (χ3v) is 5.63. The Hall–Kier alpha value is -0.120. The second-order valence-electron chi connectivity index (χ2n) is 6.52. The van der Waals surface area contributed by atoms with E-state index in [0.717, 1.165) is 38.8 Å². The van der Waals surface area contributed by atoms with Crippen LogP contribution in [0.2, 0.25) is 0 Å². The lowest BCUT2D eigenvalue weighted by molar-refractivity contribution is -0.0451. The van der Waals surface area contributed by atoms with Gasteiger partial charge in [-0.25, -0.2) is 0 Å². The predicted octanol–water partition coefficient (Wildman–Crippen LogP) is 3.05. The average molecular weight is 282 g/mol. The minimum atomic E-state index is 0.399. The molecule has 20 heavy (non-hydrogen) atoms. The van der Waals surface area contributed by atoms with Crippen molar-refractivity contribution in [2.75, 3.05) is 32.8 Å². The van der Waals surface area contributed by atoms with E-state index in [4.69, 9.17) is 4.74 Å². The maximum absolute atomic E-state index is 5.60. The molecule has 1 heterocycles. The summed E-state index contributed by atoms with van der Waals surface area (Å²) >= 11 is 0. The van der Waals surface area contributed by atoms with Crippen molar-refractivity contribution in [3.8, 4) is 0 Å². The Kier molecular flexibility index (Phi) is 6.31. The molecule has 1 N–H and O–H groups in total. The highest BCUT2D eigenvalue weighted by Gasteiger charge is 2.47. The van der Waals surface area contributed by atoms with Crippen LogP contribution in [0.25, 0.3) is 0 Å². The zero-order valence-electron chi connectivity index (χ0n) is 13.8. The molecular weight excluding hydrogens is 248 g/mol. The summed E-state index contributed by atoms with van der Waals surface area (Å²) in [7, 11) is 0. The Bertz CT molecular complexity index is 266. The Morgan fingerprint density at radius 3 is 2.15 bits per heavy atom. The SMILES string of the molecule is CCNC(C(CC)CC)C1(N2CCOCC2)CCCC1. The van der Waals surface area contributed by atoms with Gasteiger partial charge in [-0.2, -0.15) is 0 Å². The predicted molar refractivity (Wildman–Crippen MR) is 85.1 cm³/mol. The van der Waals surface area contributed by atoms with E-state index in [0.29, 0.717) is 11.6 Å². The summed E-state index contributed by atoms with van der Waals surface area (Å²) in [5, 5.41) is 3.88. The molecule has 0 aromatic carbocycles. The van der Waals surface area contributed by atoms with Crippen LogP contribution in [0.5, 0.6) is 0 Å². The summed E-state index contributed by atoms with van der Waals surface area (Å²) in [4.78, 5) is 2.77. The number of rotatable bonds is 7. The summed E-state index contributed by atoms with van der Waals surface area (Å²) in [6.45, 7) is 12.2. The van der Waals surface area contributed by atoms with Crippen LogP contribution < -0.4 is 5.32 Å². The Labute approximate surface area is 125 Å². The average Bonchev–Trinajstić information content (AvgIpc) is 2.99. The van der Waals surface area contributed by atoms with Crippen LogP contribution in [0.4, 0.5) is 0 Å². The largest absolute Gasteiger partial charge is 0.379 e. The van der Waals surface area contributed by atoms with Crippen LogP contribution in [0.15, 0.2) is 0 Å². The molecule has 0 radical (unpaired) electrons. The van der Waals surface area contributed by atoms with E-state index in [1.807, 2.05) is 0 Å². The molecule has 3 nitrogen and oxygen atoms in total. The molecule has 1 aliphatic heterocycles. The second-order valence-corrected chi connectivity index (χ2v) is 6.52. The smallest absolute Gasteiger partial charge is 0.0594 e. The monoisotopic (exact) mass is 282 g/mol. The highest BCUT2D eigenvalue weighted by atomic mass is 16.5. The van der Waals surface area contributed by atoms with Gasteiger partial charge < -0.3 is 10.1 Å². The van der Waals surface area contributed by atoms with Gasteiger partial charge in [0.2, 0.25) is 0 Å². The minimum absolute atomic E-state index is 0.399. The molecule has 1 saturated carbocycles. The van der Waals surface area contributed by atoms with Crippen LogP contribution in [0, 0.1) is 5.92 Å². The summed E-state index contributed by atoms with van der Waals surface area (Å²) in [5.41, 5.74) is 0.399. The lowest BCUT2D eigenvalue weighted by atomic mass is 9.76. The molecule has 2 rings (SSSR count). The summed E-state index contributed by atoms with van der Waals surface area (Å²) in [6.07, 6.45) is 8.14. The molecule has 1 atom stereocenters. The van der Waals surface area contributed by atoms with Crippen molar-refractivity contribution >= 4 is 0 Å². The third-order valence-electron chi connectivity index (χ3n) is 5.63. The fourth-order valence-electron chi connectivity index (χ4n) is 4.60. The first kappa shape index (κ1) is 16.3. The van der Waals surface area contributed by atoms with Gasteiger partial charge in [0.15, 0.2) is 0 Å². The molecule has 1 saturated heterocycles. The van der Waals surface area contributed by atoms with E-state index in [-0.39, 0.29) is 0 Å². The highest BCUT2D eigenvalue weighted by Crippen LogP contribution is 2.42. The lowest BCUT2D eigenvalue weighted by Crippen LogP contribution is -2.64. The van der Waals surface area contributed by atoms with Crippen molar-refractivity contribution in [3.05, 3.63) is 0 Å². The molecule has 118 valence electrons. The first-order chi connectivity index (χ1) is 9.78. The van der Waals surface area contributed by atoms with Crippen LogP contribution in [0.3, 0.4) is 0 Å². The minimum Gasteiger partial charge on any atom is -0.379 e. The van der Waals surface area contributed by atoms with Gasteiger partial charge in [-0.05, 0) is 25.3 Å². The molecule has 2 aliphatic rings.